The highest BCUT2D eigenvalue weighted by molar-refractivity contribution is 7.98. The molecule has 0 aliphatic heterocycles. The number of fused-ring (bicyclic) bond motifs is 1. The van der Waals surface area contributed by atoms with Crippen LogP contribution in [0.25, 0.3) is 10.9 Å². The zero-order chi connectivity index (χ0) is 19.1. The topological polar surface area (TPSA) is 103 Å². The molecule has 0 aliphatic rings. The van der Waals surface area contributed by atoms with Gasteiger partial charge in [-0.25, -0.2) is 4.98 Å². The molecule has 2 aromatic rings. The number of methoxy groups -OCH3 is 2. The van der Waals surface area contributed by atoms with E-state index in [1.165, 1.54) is 25.1 Å². The van der Waals surface area contributed by atoms with E-state index in [0.717, 1.165) is 5.75 Å². The summed E-state index contributed by atoms with van der Waals surface area (Å²) in [5, 5.41) is 12.4. The molecule has 2 N–H and O–H groups in total. The number of hydrogen-bond acceptors (Lipinski definition) is 7. The molecular weight excluding hydrogens is 358 g/mol. The zero-order valence-electron chi connectivity index (χ0n) is 15.0. The van der Waals surface area contributed by atoms with Gasteiger partial charge >= 0.3 is 0 Å². The second kappa shape index (κ2) is 9.44. The van der Waals surface area contributed by atoms with Crippen LogP contribution < -0.4 is 20.3 Å². The van der Waals surface area contributed by atoms with Crippen LogP contribution in [0.1, 0.15) is 6.42 Å². The van der Waals surface area contributed by atoms with Crippen LogP contribution in [0.5, 0.6) is 11.5 Å². The quantitative estimate of drug-likeness (QED) is 0.657. The molecule has 8 nitrogen and oxygen atoms in total. The molecule has 1 aromatic carbocycles. The van der Waals surface area contributed by atoms with E-state index in [1.54, 1.807) is 23.9 Å². The fraction of sp³-hybridized carbons (Fsp3) is 0.471. The summed E-state index contributed by atoms with van der Waals surface area (Å²) >= 11 is 1.64. The van der Waals surface area contributed by atoms with Gasteiger partial charge in [0.25, 0.3) is 5.56 Å². The third kappa shape index (κ3) is 4.67. The third-order valence-corrected chi connectivity index (χ3v) is 4.54. The van der Waals surface area contributed by atoms with Gasteiger partial charge in [-0.15, -0.1) is 0 Å². The minimum Gasteiger partial charge on any atom is -0.493 e. The van der Waals surface area contributed by atoms with Gasteiger partial charge in [-0.3, -0.25) is 14.2 Å². The number of amides is 1. The van der Waals surface area contributed by atoms with E-state index in [9.17, 15) is 14.7 Å². The van der Waals surface area contributed by atoms with Crippen LogP contribution in [0.2, 0.25) is 0 Å². The summed E-state index contributed by atoms with van der Waals surface area (Å²) in [4.78, 5) is 29.1. The molecule has 1 atom stereocenters. The van der Waals surface area contributed by atoms with Crippen molar-refractivity contribution in [3.05, 3.63) is 28.8 Å². The van der Waals surface area contributed by atoms with Crippen molar-refractivity contribution in [3.8, 4) is 11.5 Å². The number of thioether (sulfide) groups is 1. The molecular formula is C17H23N3O5S. The molecule has 0 saturated carbocycles. The fourth-order valence-electron chi connectivity index (χ4n) is 2.50. The Kier molecular flexibility index (Phi) is 7.28. The van der Waals surface area contributed by atoms with Gasteiger partial charge in [-0.1, -0.05) is 0 Å². The van der Waals surface area contributed by atoms with Crippen LogP contribution in [-0.2, 0) is 11.3 Å². The van der Waals surface area contributed by atoms with Gasteiger partial charge in [0, 0.05) is 6.07 Å². The number of nitrogens with zero attached hydrogens (tertiary/aromatic N) is 2. The highest BCUT2D eigenvalue weighted by Gasteiger charge is 2.15. The summed E-state index contributed by atoms with van der Waals surface area (Å²) < 4.78 is 11.6. The minimum absolute atomic E-state index is 0.145. The Balaban J connectivity index is 2.23. The lowest BCUT2D eigenvalue weighted by Gasteiger charge is -2.16. The molecule has 0 fully saturated rings. The molecule has 0 unspecified atom stereocenters. The number of aliphatic hydroxyl groups excluding tert-OH is 1. The third-order valence-electron chi connectivity index (χ3n) is 3.90. The summed E-state index contributed by atoms with van der Waals surface area (Å²) in [6, 6.07) is 2.83. The molecule has 1 aromatic heterocycles. The van der Waals surface area contributed by atoms with Crippen molar-refractivity contribution in [2.24, 2.45) is 0 Å². The average Bonchev–Trinajstić information content (AvgIpc) is 2.66. The Labute approximate surface area is 155 Å². The highest BCUT2D eigenvalue weighted by atomic mass is 32.2. The number of rotatable bonds is 9. The maximum atomic E-state index is 12.7. The number of carbonyl (C=O) groups is 1. The number of nitrogens with one attached hydrogen (secondary N) is 1. The van der Waals surface area contributed by atoms with E-state index in [4.69, 9.17) is 9.47 Å². The predicted molar refractivity (Wildman–Crippen MR) is 101 cm³/mol. The molecule has 0 radical (unpaired) electrons. The number of ether oxygens (including phenoxy) is 2. The first-order valence-electron chi connectivity index (χ1n) is 8.04. The lowest BCUT2D eigenvalue weighted by Crippen LogP contribution is -2.41. The number of benzene rings is 1. The normalized spacial score (nSPS) is 12.0. The van der Waals surface area contributed by atoms with Crippen molar-refractivity contribution < 1.29 is 19.4 Å². The molecule has 142 valence electrons. The number of aromatic nitrogens is 2. The van der Waals surface area contributed by atoms with E-state index < -0.39 is 0 Å². The van der Waals surface area contributed by atoms with Gasteiger partial charge in [0.1, 0.15) is 6.54 Å². The summed E-state index contributed by atoms with van der Waals surface area (Å²) in [5.41, 5.74) is 0.105. The van der Waals surface area contributed by atoms with Crippen LogP contribution in [-0.4, -0.2) is 59.4 Å². The van der Waals surface area contributed by atoms with Crippen molar-refractivity contribution >= 4 is 28.6 Å². The lowest BCUT2D eigenvalue weighted by molar-refractivity contribution is -0.122. The summed E-state index contributed by atoms with van der Waals surface area (Å²) in [6.07, 6.45) is 3.94. The Morgan fingerprint density at radius 2 is 2.04 bits per heavy atom. The van der Waals surface area contributed by atoms with E-state index in [-0.39, 0.29) is 30.7 Å². The highest BCUT2D eigenvalue weighted by Crippen LogP contribution is 2.29. The molecule has 0 saturated heterocycles. The molecule has 0 bridgehead atoms. The van der Waals surface area contributed by atoms with E-state index in [2.05, 4.69) is 10.3 Å². The number of aliphatic hydroxyl groups is 1. The van der Waals surface area contributed by atoms with E-state index >= 15 is 0 Å². The SMILES string of the molecule is COc1cc2ncn(CC(=O)N[C@H](CO)CCSC)c(=O)c2cc1OC. The molecule has 0 spiro atoms. The second-order valence-corrected chi connectivity index (χ2v) is 6.62. The zero-order valence-corrected chi connectivity index (χ0v) is 15.8. The van der Waals surface area contributed by atoms with E-state index in [1.807, 2.05) is 6.26 Å². The van der Waals surface area contributed by atoms with Crippen LogP contribution in [0, 0.1) is 0 Å². The summed E-state index contributed by atoms with van der Waals surface area (Å²) in [7, 11) is 2.99. The van der Waals surface area contributed by atoms with Gasteiger partial charge in [-0.2, -0.15) is 11.8 Å². The molecule has 9 heteroatoms. The van der Waals surface area contributed by atoms with E-state index in [0.29, 0.717) is 28.8 Å². The predicted octanol–water partition coefficient (Wildman–Crippen LogP) is 0.644. The first-order chi connectivity index (χ1) is 12.5. The molecule has 2 rings (SSSR count). The van der Waals surface area contributed by atoms with Crippen LogP contribution in [0.4, 0.5) is 0 Å². The van der Waals surface area contributed by atoms with Gasteiger partial charge in [0.05, 0.1) is 44.1 Å². The maximum Gasteiger partial charge on any atom is 0.261 e. The van der Waals surface area contributed by atoms with Gasteiger partial charge in [0.2, 0.25) is 5.91 Å². The molecule has 1 amide bonds. The van der Waals surface area contributed by atoms with Gasteiger partial charge in [0.15, 0.2) is 11.5 Å². The second-order valence-electron chi connectivity index (χ2n) is 5.63. The fourth-order valence-corrected chi connectivity index (χ4v) is 3.02. The lowest BCUT2D eigenvalue weighted by atomic mass is 10.2. The first-order valence-corrected chi connectivity index (χ1v) is 9.43. The van der Waals surface area contributed by atoms with Crippen molar-refractivity contribution in [1.29, 1.82) is 0 Å². The Morgan fingerprint density at radius 3 is 2.65 bits per heavy atom. The molecule has 1 heterocycles. The summed E-state index contributed by atoms with van der Waals surface area (Å²) in [5.74, 6) is 1.36. The van der Waals surface area contributed by atoms with Crippen LogP contribution in [0.3, 0.4) is 0 Å². The van der Waals surface area contributed by atoms with Crippen LogP contribution >= 0.6 is 11.8 Å². The van der Waals surface area contributed by atoms with Gasteiger partial charge in [-0.05, 0) is 24.5 Å². The van der Waals surface area contributed by atoms with Crippen molar-refractivity contribution in [3.63, 3.8) is 0 Å². The number of hydrogen-bond donors (Lipinski definition) is 2. The van der Waals surface area contributed by atoms with Crippen molar-refractivity contribution in [1.82, 2.24) is 14.9 Å². The minimum atomic E-state index is -0.353. The molecule has 26 heavy (non-hydrogen) atoms. The van der Waals surface area contributed by atoms with Crippen molar-refractivity contribution in [2.45, 2.75) is 19.0 Å². The number of carbonyl (C=O) groups excluding carboxylic acids is 1. The first kappa shape index (κ1) is 20.1. The maximum absolute atomic E-state index is 12.7. The van der Waals surface area contributed by atoms with Crippen molar-refractivity contribution in [2.75, 3.05) is 32.8 Å². The standard InChI is InChI=1S/C17H23N3O5S/c1-24-14-6-12-13(7-15(14)25-2)18-10-20(17(12)23)8-16(22)19-11(9-21)4-5-26-3/h6-7,10-11,21H,4-5,8-9H2,1-3H3,(H,19,22)/t11-/m0/s1. The van der Waals surface area contributed by atoms with Gasteiger partial charge < -0.3 is 19.9 Å². The Morgan fingerprint density at radius 1 is 1.35 bits per heavy atom. The van der Waals surface area contributed by atoms with Crippen LogP contribution in [0.15, 0.2) is 23.3 Å². The molecule has 0 aliphatic carbocycles. The monoisotopic (exact) mass is 381 g/mol. The average molecular weight is 381 g/mol. The largest absolute Gasteiger partial charge is 0.493 e. The Hall–Kier alpha value is -2.26. The smallest absolute Gasteiger partial charge is 0.261 e. The summed E-state index contributed by atoms with van der Waals surface area (Å²) in [6.45, 7) is -0.319. The Bertz CT molecular complexity index is 824.